The van der Waals surface area contributed by atoms with Crippen LogP contribution < -0.4 is 4.90 Å². The predicted octanol–water partition coefficient (Wildman–Crippen LogP) is 4.17. The highest BCUT2D eigenvalue weighted by Gasteiger charge is 2.42. The zero-order chi connectivity index (χ0) is 24.6. The van der Waals surface area contributed by atoms with E-state index in [0.29, 0.717) is 35.1 Å². The first-order valence-corrected chi connectivity index (χ1v) is 13.6. The molecule has 5 rings (SSSR count). The zero-order valence-electron chi connectivity index (χ0n) is 18.4. The van der Waals surface area contributed by atoms with Gasteiger partial charge in [-0.3, -0.25) is 14.4 Å². The van der Waals surface area contributed by atoms with Crippen LogP contribution in [0.2, 0.25) is 5.02 Å². The second-order valence-corrected chi connectivity index (χ2v) is 11.4. The van der Waals surface area contributed by atoms with Gasteiger partial charge in [-0.1, -0.05) is 29.0 Å². The molecule has 2 aromatic heterocycles. The molecule has 4 aromatic rings. The fourth-order valence-corrected chi connectivity index (χ4v) is 7.10. The third-order valence-corrected chi connectivity index (χ3v) is 9.15. The molecule has 2 aromatic carbocycles. The van der Waals surface area contributed by atoms with Gasteiger partial charge >= 0.3 is 0 Å². The maximum Gasteiger partial charge on any atom is 0.247 e. The number of halogens is 2. The van der Waals surface area contributed by atoms with Crippen molar-refractivity contribution in [2.45, 2.75) is 30.3 Å². The number of sulfonamides is 1. The number of benzene rings is 2. The number of para-hydroxylation sites is 1. The number of amides is 1. The summed E-state index contributed by atoms with van der Waals surface area (Å²) in [5.74, 6) is -0.896. The molecule has 35 heavy (non-hydrogen) atoms. The highest BCUT2D eigenvalue weighted by atomic mass is 35.5. The lowest BCUT2D eigenvalue weighted by Gasteiger charge is -2.28. The van der Waals surface area contributed by atoms with Gasteiger partial charge in [0.15, 0.2) is 5.13 Å². The molecular formula is C23H21ClFN5O3S2. The van der Waals surface area contributed by atoms with Crippen molar-refractivity contribution in [2.24, 2.45) is 0 Å². The second-order valence-electron chi connectivity index (χ2n) is 8.07. The Hall–Kier alpha value is -2.86. The van der Waals surface area contributed by atoms with Crippen LogP contribution in [0.25, 0.3) is 10.2 Å². The van der Waals surface area contributed by atoms with Gasteiger partial charge in [-0.15, -0.1) is 0 Å². The number of hydrogen-bond donors (Lipinski definition) is 0. The first-order chi connectivity index (χ1) is 16.8. The number of thiazole rings is 1. The SMILES string of the molecule is O=C(C1CCCN1S(=O)(=O)c1ccc(F)cc1)N(CCn1cccn1)c1nc2c(Cl)cccc2s1. The summed E-state index contributed by atoms with van der Waals surface area (Å²) < 4.78 is 43.8. The van der Waals surface area contributed by atoms with E-state index in [4.69, 9.17) is 11.6 Å². The van der Waals surface area contributed by atoms with E-state index in [2.05, 4.69) is 10.1 Å². The number of hydrogen-bond acceptors (Lipinski definition) is 6. The van der Waals surface area contributed by atoms with Crippen LogP contribution in [0.5, 0.6) is 0 Å². The molecule has 0 radical (unpaired) electrons. The molecule has 8 nitrogen and oxygen atoms in total. The standard InChI is InChI=1S/C23H21ClFN5O3S2/c24-18-4-1-6-20-21(18)27-23(34-20)29(15-14-28-12-3-11-26-28)22(31)19-5-2-13-30(19)35(32,33)17-9-7-16(25)8-10-17/h1,3-4,6-12,19H,2,5,13-15H2. The quantitative estimate of drug-likeness (QED) is 0.356. The number of carbonyl (C=O) groups excluding carboxylic acids is 1. The summed E-state index contributed by atoms with van der Waals surface area (Å²) in [5.41, 5.74) is 0.591. The average molecular weight is 534 g/mol. The van der Waals surface area contributed by atoms with Gasteiger partial charge in [0.25, 0.3) is 0 Å². The number of aromatic nitrogens is 3. The number of fused-ring (bicyclic) bond motifs is 1. The highest BCUT2D eigenvalue weighted by molar-refractivity contribution is 7.89. The molecule has 1 atom stereocenters. The van der Waals surface area contributed by atoms with Crippen LogP contribution in [0.3, 0.4) is 0 Å². The Morgan fingerprint density at radius 1 is 1.20 bits per heavy atom. The van der Waals surface area contributed by atoms with E-state index < -0.39 is 21.9 Å². The van der Waals surface area contributed by atoms with Crippen molar-refractivity contribution < 1.29 is 17.6 Å². The van der Waals surface area contributed by atoms with Gasteiger partial charge in [0, 0.05) is 25.5 Å². The van der Waals surface area contributed by atoms with Crippen LogP contribution in [-0.2, 0) is 21.4 Å². The molecule has 0 spiro atoms. The molecule has 1 aliphatic rings. The van der Waals surface area contributed by atoms with Crippen molar-refractivity contribution in [2.75, 3.05) is 18.0 Å². The molecule has 3 heterocycles. The van der Waals surface area contributed by atoms with E-state index >= 15 is 0 Å². The van der Waals surface area contributed by atoms with Crippen LogP contribution in [0.15, 0.2) is 65.8 Å². The summed E-state index contributed by atoms with van der Waals surface area (Å²) >= 11 is 7.64. The van der Waals surface area contributed by atoms with Crippen molar-refractivity contribution in [3.05, 3.63) is 71.8 Å². The highest BCUT2D eigenvalue weighted by Crippen LogP contribution is 2.35. The lowest BCUT2D eigenvalue weighted by atomic mass is 10.2. The Labute approximate surface area is 210 Å². The van der Waals surface area contributed by atoms with E-state index in [-0.39, 0.29) is 23.9 Å². The van der Waals surface area contributed by atoms with E-state index in [1.54, 1.807) is 29.2 Å². The van der Waals surface area contributed by atoms with Crippen molar-refractivity contribution in [1.29, 1.82) is 0 Å². The van der Waals surface area contributed by atoms with Crippen molar-refractivity contribution in [1.82, 2.24) is 19.1 Å². The van der Waals surface area contributed by atoms with E-state index in [1.165, 1.54) is 32.7 Å². The lowest BCUT2D eigenvalue weighted by molar-refractivity contribution is -0.121. The molecule has 1 saturated heterocycles. The molecule has 182 valence electrons. The van der Waals surface area contributed by atoms with Gasteiger partial charge in [-0.2, -0.15) is 9.40 Å². The van der Waals surface area contributed by atoms with Crippen LogP contribution in [0.4, 0.5) is 9.52 Å². The number of rotatable bonds is 7. The molecule has 1 fully saturated rings. The monoisotopic (exact) mass is 533 g/mol. The van der Waals surface area contributed by atoms with Gasteiger partial charge in [-0.05, 0) is 55.3 Å². The lowest BCUT2D eigenvalue weighted by Crippen LogP contribution is -2.48. The van der Waals surface area contributed by atoms with Crippen LogP contribution >= 0.6 is 22.9 Å². The topological polar surface area (TPSA) is 88.4 Å². The molecular weight excluding hydrogens is 513 g/mol. The Kier molecular flexibility index (Phi) is 6.58. The minimum Gasteiger partial charge on any atom is -0.285 e. The summed E-state index contributed by atoms with van der Waals surface area (Å²) in [6.45, 7) is 0.855. The second kappa shape index (κ2) is 9.65. The third-order valence-electron chi connectivity index (χ3n) is 5.88. The summed E-state index contributed by atoms with van der Waals surface area (Å²) in [4.78, 5) is 20.0. The summed E-state index contributed by atoms with van der Waals surface area (Å²) in [5, 5.41) is 5.12. The number of anilines is 1. The van der Waals surface area contributed by atoms with Gasteiger partial charge < -0.3 is 0 Å². The molecule has 1 unspecified atom stereocenters. The fourth-order valence-electron chi connectivity index (χ4n) is 4.15. The van der Waals surface area contributed by atoms with Crippen LogP contribution in [0, 0.1) is 5.82 Å². The predicted molar refractivity (Wildman–Crippen MR) is 133 cm³/mol. The molecule has 12 heteroatoms. The molecule has 0 aliphatic carbocycles. The molecule has 1 aliphatic heterocycles. The smallest absolute Gasteiger partial charge is 0.247 e. The molecule has 0 saturated carbocycles. The van der Waals surface area contributed by atoms with Gasteiger partial charge in [0.2, 0.25) is 15.9 Å². The van der Waals surface area contributed by atoms with Gasteiger partial charge in [0.05, 0.1) is 21.2 Å². The Balaban J connectivity index is 1.49. The van der Waals surface area contributed by atoms with E-state index in [9.17, 15) is 17.6 Å². The largest absolute Gasteiger partial charge is 0.285 e. The average Bonchev–Trinajstić information content (AvgIpc) is 3.60. The Morgan fingerprint density at radius 2 is 2.00 bits per heavy atom. The third kappa shape index (κ3) is 4.68. The molecule has 1 amide bonds. The van der Waals surface area contributed by atoms with E-state index in [0.717, 1.165) is 16.8 Å². The summed E-state index contributed by atoms with van der Waals surface area (Å²) in [6.07, 6.45) is 4.36. The fraction of sp³-hybridized carbons (Fsp3) is 0.261. The molecule has 0 N–H and O–H groups in total. The van der Waals surface area contributed by atoms with Crippen LogP contribution in [-0.4, -0.2) is 52.5 Å². The maximum absolute atomic E-state index is 13.9. The maximum atomic E-state index is 13.9. The summed E-state index contributed by atoms with van der Waals surface area (Å²) in [7, 11) is -3.99. The van der Waals surface area contributed by atoms with Crippen molar-refractivity contribution in [3.8, 4) is 0 Å². The Bertz CT molecular complexity index is 1460. The van der Waals surface area contributed by atoms with Crippen molar-refractivity contribution >= 4 is 54.2 Å². The zero-order valence-corrected chi connectivity index (χ0v) is 20.8. The van der Waals surface area contributed by atoms with Gasteiger partial charge in [0.1, 0.15) is 17.4 Å². The summed E-state index contributed by atoms with van der Waals surface area (Å²) in [6, 6.07) is 10.9. The van der Waals surface area contributed by atoms with Crippen molar-refractivity contribution in [3.63, 3.8) is 0 Å². The first-order valence-electron chi connectivity index (χ1n) is 11.0. The minimum atomic E-state index is -3.99. The number of carbonyl (C=O) groups is 1. The first kappa shape index (κ1) is 23.9. The number of nitrogens with zero attached hydrogens (tertiary/aromatic N) is 5. The Morgan fingerprint density at radius 3 is 2.71 bits per heavy atom. The van der Waals surface area contributed by atoms with E-state index in [1.807, 2.05) is 12.1 Å². The minimum absolute atomic E-state index is 0.0477. The molecule has 0 bridgehead atoms. The van der Waals surface area contributed by atoms with Crippen LogP contribution in [0.1, 0.15) is 12.8 Å². The van der Waals surface area contributed by atoms with Gasteiger partial charge in [-0.25, -0.2) is 17.8 Å². The normalized spacial score (nSPS) is 16.7.